The molecule has 0 saturated heterocycles. The third-order valence-electron chi connectivity index (χ3n) is 3.94. The zero-order valence-electron chi connectivity index (χ0n) is 14.4. The van der Waals surface area contributed by atoms with Gasteiger partial charge in [-0.25, -0.2) is 0 Å². The van der Waals surface area contributed by atoms with Gasteiger partial charge in [0.1, 0.15) is 5.76 Å². The number of Topliss-reactive ketones (excluding diaryl/α,β-unsaturated/α-hetero) is 1. The second-order valence-corrected chi connectivity index (χ2v) is 6.35. The Hall–Kier alpha value is -3.06. The van der Waals surface area contributed by atoms with E-state index in [0.717, 1.165) is 18.2 Å². The maximum atomic E-state index is 12.9. The van der Waals surface area contributed by atoms with Gasteiger partial charge in [-0.3, -0.25) is 9.59 Å². The molecular weight excluding hydrogens is 395 g/mol. The second-order valence-electron chi connectivity index (χ2n) is 5.94. The Labute approximate surface area is 162 Å². The van der Waals surface area contributed by atoms with Gasteiger partial charge in [-0.2, -0.15) is 13.2 Å². The fraction of sp³-hybridized carbons (Fsp3) is 0.100. The number of benzene rings is 2. The Kier molecular flexibility index (Phi) is 5.29. The number of hydrogen-bond donors (Lipinski definition) is 1. The quantitative estimate of drug-likeness (QED) is 0.534. The van der Waals surface area contributed by atoms with Gasteiger partial charge in [-0.1, -0.05) is 11.6 Å². The predicted molar refractivity (Wildman–Crippen MR) is 98.6 cm³/mol. The molecule has 1 aromatic heterocycles. The Bertz CT molecular complexity index is 1040. The van der Waals surface area contributed by atoms with E-state index in [9.17, 15) is 22.8 Å². The summed E-state index contributed by atoms with van der Waals surface area (Å²) in [6, 6.07) is 11.8. The summed E-state index contributed by atoms with van der Waals surface area (Å²) in [5.41, 5.74) is 0.0868. The number of amides is 1. The van der Waals surface area contributed by atoms with E-state index in [-0.39, 0.29) is 27.9 Å². The van der Waals surface area contributed by atoms with Crippen LogP contribution in [0.4, 0.5) is 18.9 Å². The smallest absolute Gasteiger partial charge is 0.416 e. The van der Waals surface area contributed by atoms with E-state index < -0.39 is 17.6 Å². The first-order chi connectivity index (χ1) is 13.1. The summed E-state index contributed by atoms with van der Waals surface area (Å²) in [5.74, 6) is -0.760. The van der Waals surface area contributed by atoms with E-state index >= 15 is 0 Å². The molecular formula is C20H13ClF3NO3. The summed E-state index contributed by atoms with van der Waals surface area (Å²) in [7, 11) is 0. The van der Waals surface area contributed by atoms with E-state index in [1.165, 1.54) is 19.1 Å². The molecule has 0 aliphatic rings. The van der Waals surface area contributed by atoms with Crippen molar-refractivity contribution in [3.63, 3.8) is 0 Å². The van der Waals surface area contributed by atoms with Crippen molar-refractivity contribution in [3.8, 4) is 11.3 Å². The van der Waals surface area contributed by atoms with E-state index in [0.29, 0.717) is 11.3 Å². The van der Waals surface area contributed by atoms with Crippen LogP contribution in [0.15, 0.2) is 59.0 Å². The van der Waals surface area contributed by atoms with Gasteiger partial charge >= 0.3 is 6.18 Å². The zero-order valence-corrected chi connectivity index (χ0v) is 15.2. The molecule has 3 rings (SSSR count). The standard InChI is InChI=1S/C20H13ClF3NO3/c1-11(26)12-2-5-14(6-3-12)25-19(27)18-9-8-17(28-18)15-10-13(20(22,23)24)4-7-16(15)21/h2-10H,1H3,(H,25,27). The van der Waals surface area contributed by atoms with Crippen LogP contribution in [0.5, 0.6) is 0 Å². The van der Waals surface area contributed by atoms with Gasteiger partial charge in [0.05, 0.1) is 10.6 Å². The lowest BCUT2D eigenvalue weighted by Gasteiger charge is -2.09. The van der Waals surface area contributed by atoms with Crippen LogP contribution in [0, 0.1) is 0 Å². The Balaban J connectivity index is 1.82. The van der Waals surface area contributed by atoms with Crippen LogP contribution < -0.4 is 5.32 Å². The van der Waals surface area contributed by atoms with E-state index in [1.807, 2.05) is 0 Å². The number of carbonyl (C=O) groups excluding carboxylic acids is 2. The minimum atomic E-state index is -4.53. The number of alkyl halides is 3. The van der Waals surface area contributed by atoms with Crippen LogP contribution in [-0.2, 0) is 6.18 Å². The molecule has 0 saturated carbocycles. The highest BCUT2D eigenvalue weighted by atomic mass is 35.5. The first kappa shape index (κ1) is 19.7. The summed E-state index contributed by atoms with van der Waals surface area (Å²) in [4.78, 5) is 23.6. The molecule has 2 aromatic carbocycles. The van der Waals surface area contributed by atoms with Crippen molar-refractivity contribution in [1.29, 1.82) is 0 Å². The molecule has 0 aliphatic heterocycles. The normalized spacial score (nSPS) is 11.3. The van der Waals surface area contributed by atoms with Crippen LogP contribution in [0.3, 0.4) is 0 Å². The van der Waals surface area contributed by atoms with Crippen molar-refractivity contribution in [2.24, 2.45) is 0 Å². The molecule has 144 valence electrons. The molecule has 8 heteroatoms. The van der Waals surface area contributed by atoms with Crippen LogP contribution in [0.1, 0.15) is 33.4 Å². The number of rotatable bonds is 4. The SMILES string of the molecule is CC(=O)c1ccc(NC(=O)c2ccc(-c3cc(C(F)(F)F)ccc3Cl)o2)cc1. The third kappa shape index (κ3) is 4.26. The fourth-order valence-electron chi connectivity index (χ4n) is 2.48. The molecule has 0 atom stereocenters. The van der Waals surface area contributed by atoms with Gasteiger partial charge < -0.3 is 9.73 Å². The summed E-state index contributed by atoms with van der Waals surface area (Å²) < 4.78 is 44.1. The van der Waals surface area contributed by atoms with Gasteiger partial charge in [0, 0.05) is 16.8 Å². The molecule has 28 heavy (non-hydrogen) atoms. The third-order valence-corrected chi connectivity index (χ3v) is 4.27. The van der Waals surface area contributed by atoms with Gasteiger partial charge in [0.15, 0.2) is 11.5 Å². The number of hydrogen-bond acceptors (Lipinski definition) is 3. The molecule has 0 spiro atoms. The van der Waals surface area contributed by atoms with Crippen molar-refractivity contribution in [2.45, 2.75) is 13.1 Å². The van der Waals surface area contributed by atoms with Gasteiger partial charge in [-0.15, -0.1) is 0 Å². The molecule has 0 bridgehead atoms. The summed E-state index contributed by atoms with van der Waals surface area (Å²) in [5, 5.41) is 2.65. The molecule has 1 heterocycles. The van der Waals surface area contributed by atoms with Gasteiger partial charge in [0.25, 0.3) is 5.91 Å². The van der Waals surface area contributed by atoms with Crippen LogP contribution in [0.25, 0.3) is 11.3 Å². The maximum Gasteiger partial charge on any atom is 0.416 e. The van der Waals surface area contributed by atoms with E-state index in [1.54, 1.807) is 24.3 Å². The largest absolute Gasteiger partial charge is 0.451 e. The molecule has 0 unspecified atom stereocenters. The average Bonchev–Trinajstić information content (AvgIpc) is 3.11. The maximum absolute atomic E-state index is 12.9. The molecule has 1 N–H and O–H groups in total. The van der Waals surface area contributed by atoms with Gasteiger partial charge in [-0.05, 0) is 61.5 Å². The highest BCUT2D eigenvalue weighted by Gasteiger charge is 2.31. The summed E-state index contributed by atoms with van der Waals surface area (Å²) >= 11 is 5.98. The van der Waals surface area contributed by atoms with Crippen molar-refractivity contribution in [2.75, 3.05) is 5.32 Å². The fourth-order valence-corrected chi connectivity index (χ4v) is 2.69. The van der Waals surface area contributed by atoms with Crippen molar-refractivity contribution in [3.05, 3.63) is 76.5 Å². The van der Waals surface area contributed by atoms with Crippen LogP contribution in [-0.4, -0.2) is 11.7 Å². The lowest BCUT2D eigenvalue weighted by molar-refractivity contribution is -0.137. The first-order valence-electron chi connectivity index (χ1n) is 8.04. The number of ketones is 1. The highest BCUT2D eigenvalue weighted by Crippen LogP contribution is 2.36. The van der Waals surface area contributed by atoms with E-state index in [4.69, 9.17) is 16.0 Å². The lowest BCUT2D eigenvalue weighted by Crippen LogP contribution is -2.10. The van der Waals surface area contributed by atoms with Crippen molar-refractivity contribution >= 4 is 29.0 Å². The van der Waals surface area contributed by atoms with Crippen molar-refractivity contribution in [1.82, 2.24) is 0 Å². The second kappa shape index (κ2) is 7.52. The number of nitrogens with one attached hydrogen (secondary N) is 1. The molecule has 0 fully saturated rings. The van der Waals surface area contributed by atoms with E-state index in [2.05, 4.69) is 5.32 Å². The average molecular weight is 408 g/mol. The van der Waals surface area contributed by atoms with Crippen molar-refractivity contribution < 1.29 is 27.2 Å². The molecule has 0 radical (unpaired) electrons. The number of furan rings is 1. The minimum Gasteiger partial charge on any atom is -0.451 e. The monoisotopic (exact) mass is 407 g/mol. The number of halogens is 4. The lowest BCUT2D eigenvalue weighted by atomic mass is 10.1. The Morgan fingerprint density at radius 2 is 1.68 bits per heavy atom. The highest BCUT2D eigenvalue weighted by molar-refractivity contribution is 6.33. The Morgan fingerprint density at radius 3 is 2.29 bits per heavy atom. The molecule has 3 aromatic rings. The summed E-state index contributed by atoms with van der Waals surface area (Å²) in [6.45, 7) is 1.43. The molecule has 4 nitrogen and oxygen atoms in total. The van der Waals surface area contributed by atoms with Crippen LogP contribution >= 0.6 is 11.6 Å². The van der Waals surface area contributed by atoms with Gasteiger partial charge in [0.2, 0.25) is 0 Å². The topological polar surface area (TPSA) is 59.3 Å². The number of anilines is 1. The zero-order chi connectivity index (χ0) is 20.5. The minimum absolute atomic E-state index is 0.0290. The molecule has 0 aliphatic carbocycles. The van der Waals surface area contributed by atoms with Crippen LogP contribution in [0.2, 0.25) is 5.02 Å². The summed E-state index contributed by atoms with van der Waals surface area (Å²) in [6.07, 6.45) is -4.53. The molecule has 1 amide bonds. The first-order valence-corrected chi connectivity index (χ1v) is 8.42. The number of carbonyl (C=O) groups is 2. The Morgan fingerprint density at radius 1 is 1.00 bits per heavy atom. The predicted octanol–water partition coefficient (Wildman–Crippen LogP) is 6.07.